The van der Waals surface area contributed by atoms with Gasteiger partial charge in [0.25, 0.3) is 5.56 Å². The second-order valence-corrected chi connectivity index (χ2v) is 7.51. The number of nitrogens with one attached hydrogen (secondary N) is 1. The molecule has 0 amide bonds. The summed E-state index contributed by atoms with van der Waals surface area (Å²) in [5.74, 6) is -0.285. The third kappa shape index (κ3) is 3.52. The number of aromatic amines is 1. The van der Waals surface area contributed by atoms with Crippen LogP contribution in [-0.2, 0) is 10.0 Å². The molecule has 0 aromatic carbocycles. The maximum Gasteiger partial charge on any atom is 0.254 e. The molecule has 0 radical (unpaired) electrons. The quantitative estimate of drug-likeness (QED) is 0.587. The first kappa shape index (κ1) is 15.7. The van der Waals surface area contributed by atoms with Crippen LogP contribution in [0.3, 0.4) is 0 Å². The number of sulfonamides is 1. The second kappa shape index (κ2) is 5.62. The monoisotopic (exact) mass is 317 g/mol. The molecule has 118 valence electrons. The molecule has 2 rings (SSSR count). The summed E-state index contributed by atoms with van der Waals surface area (Å²) in [4.78, 5) is 19.4. The summed E-state index contributed by atoms with van der Waals surface area (Å²) in [6.07, 6.45) is -0.804. The summed E-state index contributed by atoms with van der Waals surface area (Å²) in [7, 11) is -0.499. The molecular formula is C11H19N5O4S. The van der Waals surface area contributed by atoms with Crippen LogP contribution in [0, 0.1) is 5.92 Å². The normalized spacial score (nSPS) is 23.0. The first-order valence-corrected chi connectivity index (χ1v) is 8.00. The van der Waals surface area contributed by atoms with Crippen LogP contribution in [0.4, 0.5) is 11.8 Å². The number of aliphatic hydroxyl groups excluding tert-OH is 1. The van der Waals surface area contributed by atoms with Crippen molar-refractivity contribution in [1.29, 1.82) is 0 Å². The van der Waals surface area contributed by atoms with Crippen LogP contribution in [0.15, 0.2) is 10.9 Å². The predicted molar refractivity (Wildman–Crippen MR) is 78.5 cm³/mol. The third-order valence-corrected chi connectivity index (χ3v) is 5.42. The molecule has 1 fully saturated rings. The van der Waals surface area contributed by atoms with Crippen molar-refractivity contribution < 1.29 is 13.5 Å². The molecule has 1 aromatic heterocycles. The van der Waals surface area contributed by atoms with E-state index in [-0.39, 0.29) is 18.2 Å². The fourth-order valence-electron chi connectivity index (χ4n) is 2.25. The number of rotatable bonds is 4. The average molecular weight is 317 g/mol. The molecule has 21 heavy (non-hydrogen) atoms. The fourth-order valence-corrected chi connectivity index (χ4v) is 3.42. The lowest BCUT2D eigenvalue weighted by atomic mass is 10.1. The van der Waals surface area contributed by atoms with Crippen LogP contribution in [0.2, 0.25) is 0 Å². The Morgan fingerprint density at radius 1 is 1.52 bits per heavy atom. The second-order valence-electron chi connectivity index (χ2n) is 5.28. The Kier molecular flexibility index (Phi) is 4.21. The highest BCUT2D eigenvalue weighted by Gasteiger charge is 2.36. The Bertz CT molecular complexity index is 671. The summed E-state index contributed by atoms with van der Waals surface area (Å²) in [5.41, 5.74) is 5.09. The Labute approximate surface area is 122 Å². The summed E-state index contributed by atoms with van der Waals surface area (Å²) < 4.78 is 24.9. The van der Waals surface area contributed by atoms with E-state index in [9.17, 15) is 18.3 Å². The lowest BCUT2D eigenvalue weighted by Crippen LogP contribution is -2.33. The van der Waals surface area contributed by atoms with E-state index in [1.807, 2.05) is 0 Å². The minimum atomic E-state index is -3.40. The van der Waals surface area contributed by atoms with Crippen molar-refractivity contribution in [2.75, 3.05) is 43.6 Å². The van der Waals surface area contributed by atoms with Crippen LogP contribution < -0.4 is 16.2 Å². The zero-order chi connectivity index (χ0) is 15.8. The molecule has 0 aliphatic carbocycles. The van der Waals surface area contributed by atoms with Crippen molar-refractivity contribution in [3.63, 3.8) is 0 Å². The van der Waals surface area contributed by atoms with Crippen LogP contribution >= 0.6 is 0 Å². The summed E-state index contributed by atoms with van der Waals surface area (Å²) in [6, 6.07) is 1.27. The summed E-state index contributed by atoms with van der Waals surface area (Å²) in [6.45, 7) is 0.508. The van der Waals surface area contributed by atoms with Gasteiger partial charge in [-0.1, -0.05) is 0 Å². The number of aliphatic hydroxyl groups is 1. The molecule has 1 aromatic rings. The number of hydrogen-bond donors (Lipinski definition) is 3. The Morgan fingerprint density at radius 2 is 2.19 bits per heavy atom. The fraction of sp³-hybridized carbons (Fsp3) is 0.636. The van der Waals surface area contributed by atoms with Crippen LogP contribution in [0.1, 0.15) is 0 Å². The molecule has 0 bridgehead atoms. The largest absolute Gasteiger partial charge is 0.391 e. The number of hydrogen-bond acceptors (Lipinski definition) is 7. The van der Waals surface area contributed by atoms with Gasteiger partial charge >= 0.3 is 0 Å². The standard InChI is InChI=1S/C11H19N5O4S/c1-15(2)21(19,20)6-7-4-16(5-8(7)17)9-3-10(18)14-11(12)13-9/h3,7-8,17H,4-6H2,1-2H3,(H3,12,13,14,18)/t7-,8+/m0/s1. The van der Waals surface area contributed by atoms with E-state index in [4.69, 9.17) is 5.73 Å². The molecule has 1 aliphatic rings. The molecular weight excluding hydrogens is 298 g/mol. The third-order valence-electron chi connectivity index (χ3n) is 3.46. The Morgan fingerprint density at radius 3 is 2.76 bits per heavy atom. The predicted octanol–water partition coefficient (Wildman–Crippen LogP) is -1.96. The van der Waals surface area contributed by atoms with E-state index in [1.165, 1.54) is 20.2 Å². The lowest BCUT2D eigenvalue weighted by Gasteiger charge is -2.18. The van der Waals surface area contributed by atoms with Gasteiger partial charge in [0, 0.05) is 39.2 Å². The molecule has 9 nitrogen and oxygen atoms in total. The van der Waals surface area contributed by atoms with Crippen molar-refractivity contribution in [1.82, 2.24) is 14.3 Å². The molecule has 10 heteroatoms. The van der Waals surface area contributed by atoms with E-state index >= 15 is 0 Å². The number of β-amino-alcohol motifs (C(OH)–C–C–N with tert-alkyl or cyclic N) is 1. The number of nitrogens with zero attached hydrogens (tertiary/aromatic N) is 3. The molecule has 0 spiro atoms. The van der Waals surface area contributed by atoms with Crippen molar-refractivity contribution >= 4 is 21.8 Å². The maximum absolute atomic E-state index is 11.9. The van der Waals surface area contributed by atoms with Crippen molar-refractivity contribution in [2.45, 2.75) is 6.10 Å². The highest BCUT2D eigenvalue weighted by atomic mass is 32.2. The zero-order valence-corrected chi connectivity index (χ0v) is 12.7. The molecule has 4 N–H and O–H groups in total. The smallest absolute Gasteiger partial charge is 0.254 e. The van der Waals surface area contributed by atoms with Gasteiger partial charge in [0.1, 0.15) is 5.82 Å². The van der Waals surface area contributed by atoms with E-state index < -0.39 is 27.6 Å². The van der Waals surface area contributed by atoms with Gasteiger partial charge in [0.15, 0.2) is 0 Å². The van der Waals surface area contributed by atoms with Gasteiger partial charge < -0.3 is 15.7 Å². The van der Waals surface area contributed by atoms with Gasteiger partial charge in [0.05, 0.1) is 11.9 Å². The SMILES string of the molecule is CN(C)S(=O)(=O)C[C@@H]1CN(c2cc(=O)[nH]c(N)n2)C[C@H]1O. The first-order chi connectivity index (χ1) is 9.69. The van der Waals surface area contributed by atoms with Gasteiger partial charge in [-0.05, 0) is 0 Å². The van der Waals surface area contributed by atoms with Crippen molar-refractivity contribution in [2.24, 2.45) is 5.92 Å². The number of anilines is 2. The molecule has 1 saturated heterocycles. The molecule has 0 unspecified atom stereocenters. The average Bonchev–Trinajstić information content (AvgIpc) is 2.69. The lowest BCUT2D eigenvalue weighted by molar-refractivity contribution is 0.157. The minimum absolute atomic E-state index is 0.0173. The molecule has 0 saturated carbocycles. The van der Waals surface area contributed by atoms with Crippen molar-refractivity contribution in [3.8, 4) is 0 Å². The van der Waals surface area contributed by atoms with Gasteiger partial charge in [-0.2, -0.15) is 4.98 Å². The number of nitrogen functional groups attached to an aromatic ring is 1. The highest BCUT2D eigenvalue weighted by molar-refractivity contribution is 7.89. The summed E-state index contributed by atoms with van der Waals surface area (Å²) in [5, 5.41) is 10.0. The van der Waals surface area contributed by atoms with Crippen molar-refractivity contribution in [3.05, 3.63) is 16.4 Å². The topological polar surface area (TPSA) is 133 Å². The number of aromatic nitrogens is 2. The highest BCUT2D eigenvalue weighted by Crippen LogP contribution is 2.23. The van der Waals surface area contributed by atoms with E-state index in [2.05, 4.69) is 9.97 Å². The zero-order valence-electron chi connectivity index (χ0n) is 11.9. The minimum Gasteiger partial charge on any atom is -0.391 e. The van der Waals surface area contributed by atoms with Gasteiger partial charge in [-0.15, -0.1) is 0 Å². The maximum atomic E-state index is 11.9. The van der Waals surface area contributed by atoms with E-state index in [1.54, 1.807) is 4.90 Å². The molecule has 1 aliphatic heterocycles. The van der Waals surface area contributed by atoms with E-state index in [0.29, 0.717) is 12.4 Å². The van der Waals surface area contributed by atoms with Crippen LogP contribution in [0.5, 0.6) is 0 Å². The Hall–Kier alpha value is -1.65. The number of nitrogens with two attached hydrogens (primary N) is 1. The van der Waals surface area contributed by atoms with E-state index in [0.717, 1.165) is 4.31 Å². The van der Waals surface area contributed by atoms with Gasteiger partial charge in [-0.25, -0.2) is 12.7 Å². The number of H-pyrrole nitrogens is 1. The van der Waals surface area contributed by atoms with Gasteiger partial charge in [-0.3, -0.25) is 9.78 Å². The van der Waals surface area contributed by atoms with Gasteiger partial charge in [0.2, 0.25) is 16.0 Å². The Balaban J connectivity index is 2.16. The first-order valence-electron chi connectivity index (χ1n) is 6.39. The van der Waals surface area contributed by atoms with Crippen LogP contribution in [-0.4, -0.2) is 66.8 Å². The van der Waals surface area contributed by atoms with Crippen LogP contribution in [0.25, 0.3) is 0 Å². The molecule has 2 heterocycles. The summed E-state index contributed by atoms with van der Waals surface area (Å²) >= 11 is 0. The molecule has 2 atom stereocenters.